The van der Waals surface area contributed by atoms with Gasteiger partial charge in [-0.05, 0) is 44.2 Å². The number of carbonyl (C=O) groups is 1. The second-order valence-electron chi connectivity index (χ2n) is 10.5. The number of anilines is 3. The Morgan fingerprint density at radius 2 is 1.81 bits per heavy atom. The molecule has 198 valence electrons. The molecule has 0 radical (unpaired) electrons. The lowest BCUT2D eigenvalue weighted by Crippen LogP contribution is -2.44. The minimum Gasteiger partial charge on any atom is -0.381 e. The number of hydrogen-bond acceptors (Lipinski definition) is 7. The Morgan fingerprint density at radius 1 is 1.11 bits per heavy atom. The van der Waals surface area contributed by atoms with Gasteiger partial charge in [0.05, 0.1) is 28.5 Å². The van der Waals surface area contributed by atoms with Crippen molar-refractivity contribution in [2.45, 2.75) is 58.0 Å². The van der Waals surface area contributed by atoms with Crippen molar-refractivity contribution in [1.82, 2.24) is 19.5 Å². The molecular formula is C25H30Cl3N7O2. The number of hydrogen-bond donors (Lipinski definition) is 3. The molecule has 2 fully saturated rings. The largest absolute Gasteiger partial charge is 0.381 e. The maximum Gasteiger partial charge on any atom is 0.225 e. The number of carbonyl (C=O) groups excluding carboxylic acids is 1. The van der Waals surface area contributed by atoms with Gasteiger partial charge in [0, 0.05) is 35.0 Å². The highest BCUT2D eigenvalue weighted by molar-refractivity contribution is 6.41. The summed E-state index contributed by atoms with van der Waals surface area (Å²) in [6.45, 7) is 5.71. The van der Waals surface area contributed by atoms with Crippen LogP contribution in [-0.2, 0) is 9.53 Å². The van der Waals surface area contributed by atoms with E-state index in [1.807, 2.05) is 0 Å². The fourth-order valence-corrected chi connectivity index (χ4v) is 6.15. The molecule has 2 aliphatic rings. The standard InChI is InChI=1S/C25H30Cl3N7O2/c1-25(2)12-37-8-7-19(25)32-23-30-11-18-22(34-23)35(15-5-3-13(4-6-15)21(29)36)24(31-18)33-20-16(27)9-14(26)10-17(20)28/h9-11,13,15,19H,3-8,12H2,1-2H3,(H2,29,36)(H,31,33)(H,30,32,34)/t13?,15?,19-/m0/s1. The normalized spacial score (nSPS) is 23.6. The van der Waals surface area contributed by atoms with Crippen LogP contribution < -0.4 is 16.4 Å². The fourth-order valence-electron chi connectivity index (χ4n) is 5.24. The summed E-state index contributed by atoms with van der Waals surface area (Å²) in [5, 5.41) is 8.02. The monoisotopic (exact) mass is 565 g/mol. The summed E-state index contributed by atoms with van der Waals surface area (Å²) in [6.07, 6.45) is 5.51. The molecule has 3 heterocycles. The van der Waals surface area contributed by atoms with E-state index in [9.17, 15) is 4.79 Å². The number of fused-ring (bicyclic) bond motifs is 1. The summed E-state index contributed by atoms with van der Waals surface area (Å²) in [7, 11) is 0. The molecule has 1 saturated heterocycles. The molecule has 1 aliphatic carbocycles. The van der Waals surface area contributed by atoms with Crippen LogP contribution in [0.2, 0.25) is 15.1 Å². The van der Waals surface area contributed by atoms with Crippen molar-refractivity contribution in [3.05, 3.63) is 33.4 Å². The van der Waals surface area contributed by atoms with Crippen molar-refractivity contribution >= 4 is 69.5 Å². The lowest BCUT2D eigenvalue weighted by Gasteiger charge is -2.38. The summed E-state index contributed by atoms with van der Waals surface area (Å²) in [4.78, 5) is 26.0. The number of ether oxygens (including phenoxy) is 1. The van der Waals surface area contributed by atoms with Crippen molar-refractivity contribution in [2.24, 2.45) is 17.1 Å². The topological polar surface area (TPSA) is 120 Å². The lowest BCUT2D eigenvalue weighted by atomic mass is 9.82. The maximum absolute atomic E-state index is 11.8. The van der Waals surface area contributed by atoms with Crippen molar-refractivity contribution in [3.8, 4) is 0 Å². The van der Waals surface area contributed by atoms with Gasteiger partial charge >= 0.3 is 0 Å². The number of primary amides is 1. The Balaban J connectivity index is 1.53. The van der Waals surface area contributed by atoms with Crippen LogP contribution in [0.25, 0.3) is 11.2 Å². The van der Waals surface area contributed by atoms with E-state index in [4.69, 9.17) is 55.2 Å². The quantitative estimate of drug-likeness (QED) is 0.336. The summed E-state index contributed by atoms with van der Waals surface area (Å²) >= 11 is 19.0. The number of rotatable bonds is 6. The first-order valence-electron chi connectivity index (χ1n) is 12.4. The number of amides is 1. The highest BCUT2D eigenvalue weighted by Gasteiger charge is 2.34. The SMILES string of the molecule is CC1(C)COCC[C@@H]1Nc1ncc2nc(Nc3c(Cl)cc(Cl)cc3Cl)n(C3CCC(C(N)=O)CC3)c2n1. The summed E-state index contributed by atoms with van der Waals surface area (Å²) < 4.78 is 7.73. The van der Waals surface area contributed by atoms with Gasteiger partial charge in [0.2, 0.25) is 17.8 Å². The van der Waals surface area contributed by atoms with Crippen LogP contribution in [0.1, 0.15) is 52.0 Å². The third-order valence-electron chi connectivity index (χ3n) is 7.41. The zero-order valence-corrected chi connectivity index (χ0v) is 23.0. The van der Waals surface area contributed by atoms with Crippen molar-refractivity contribution in [1.29, 1.82) is 0 Å². The van der Waals surface area contributed by atoms with Crippen LogP contribution in [0.3, 0.4) is 0 Å². The average molecular weight is 567 g/mol. The minimum atomic E-state index is -0.250. The van der Waals surface area contributed by atoms with Crippen LogP contribution in [0.4, 0.5) is 17.6 Å². The molecule has 1 amide bonds. The Hall–Kier alpha value is -2.33. The number of halogens is 3. The molecule has 37 heavy (non-hydrogen) atoms. The second-order valence-corrected chi connectivity index (χ2v) is 11.8. The number of benzene rings is 1. The van der Waals surface area contributed by atoms with Crippen molar-refractivity contribution in [2.75, 3.05) is 23.8 Å². The van der Waals surface area contributed by atoms with Crippen LogP contribution in [-0.4, -0.2) is 44.7 Å². The molecule has 12 heteroatoms. The molecule has 2 aromatic heterocycles. The van der Waals surface area contributed by atoms with Gasteiger partial charge in [0.15, 0.2) is 5.65 Å². The van der Waals surface area contributed by atoms with E-state index in [1.165, 1.54) is 0 Å². The predicted octanol–water partition coefficient (Wildman–Crippen LogP) is 5.97. The Morgan fingerprint density at radius 3 is 2.46 bits per heavy atom. The molecule has 1 saturated carbocycles. The van der Waals surface area contributed by atoms with Gasteiger partial charge in [-0.25, -0.2) is 9.97 Å². The molecule has 0 bridgehead atoms. The number of nitrogens with two attached hydrogens (primary N) is 1. The number of aromatic nitrogens is 4. The van der Waals surface area contributed by atoms with Gasteiger partial charge < -0.3 is 21.1 Å². The van der Waals surface area contributed by atoms with Gasteiger partial charge in [-0.15, -0.1) is 0 Å². The van der Waals surface area contributed by atoms with Crippen LogP contribution >= 0.6 is 34.8 Å². The molecule has 3 aromatic rings. The van der Waals surface area contributed by atoms with E-state index in [2.05, 4.69) is 34.0 Å². The molecule has 1 aliphatic heterocycles. The van der Waals surface area contributed by atoms with Crippen LogP contribution in [0, 0.1) is 11.3 Å². The van der Waals surface area contributed by atoms with Gasteiger partial charge in [-0.1, -0.05) is 48.7 Å². The third-order valence-corrected chi connectivity index (χ3v) is 8.23. The van der Waals surface area contributed by atoms with Gasteiger partial charge in [0.25, 0.3) is 0 Å². The summed E-state index contributed by atoms with van der Waals surface area (Å²) in [5.74, 6) is 0.708. The van der Waals surface area contributed by atoms with E-state index in [0.717, 1.165) is 19.3 Å². The predicted molar refractivity (Wildman–Crippen MR) is 147 cm³/mol. The third kappa shape index (κ3) is 5.46. The van der Waals surface area contributed by atoms with Gasteiger partial charge in [0.1, 0.15) is 5.52 Å². The minimum absolute atomic E-state index is 0.0511. The molecule has 0 spiro atoms. The summed E-state index contributed by atoms with van der Waals surface area (Å²) in [5.41, 5.74) is 7.36. The first kappa shape index (κ1) is 26.3. The number of nitrogens with one attached hydrogen (secondary N) is 2. The zero-order valence-electron chi connectivity index (χ0n) is 20.7. The molecule has 5 rings (SSSR count). The van der Waals surface area contributed by atoms with E-state index in [1.54, 1.807) is 18.3 Å². The zero-order chi connectivity index (χ0) is 26.3. The highest BCUT2D eigenvalue weighted by atomic mass is 35.5. The first-order chi connectivity index (χ1) is 17.6. The number of nitrogens with zero attached hydrogens (tertiary/aromatic N) is 4. The van der Waals surface area contributed by atoms with E-state index in [-0.39, 0.29) is 29.3 Å². The van der Waals surface area contributed by atoms with Gasteiger partial charge in [-0.3, -0.25) is 9.36 Å². The van der Waals surface area contributed by atoms with Gasteiger partial charge in [-0.2, -0.15) is 4.98 Å². The molecular weight excluding hydrogens is 537 g/mol. The second kappa shape index (κ2) is 10.4. The molecule has 4 N–H and O–H groups in total. The van der Waals surface area contributed by atoms with E-state index in [0.29, 0.717) is 69.9 Å². The Bertz CT molecular complexity index is 1300. The molecule has 1 atom stereocenters. The van der Waals surface area contributed by atoms with Crippen molar-refractivity contribution < 1.29 is 9.53 Å². The Kier molecular flexibility index (Phi) is 7.42. The Labute approximate surface area is 230 Å². The maximum atomic E-state index is 11.8. The smallest absolute Gasteiger partial charge is 0.225 e. The van der Waals surface area contributed by atoms with Crippen LogP contribution in [0.15, 0.2) is 18.3 Å². The average Bonchev–Trinajstić information content (AvgIpc) is 3.20. The van der Waals surface area contributed by atoms with E-state index < -0.39 is 0 Å². The van der Waals surface area contributed by atoms with Crippen molar-refractivity contribution in [3.63, 3.8) is 0 Å². The van der Waals surface area contributed by atoms with Crippen LogP contribution in [0.5, 0.6) is 0 Å². The highest BCUT2D eigenvalue weighted by Crippen LogP contribution is 2.40. The van der Waals surface area contributed by atoms with E-state index >= 15 is 0 Å². The molecule has 1 aromatic carbocycles. The molecule has 0 unspecified atom stereocenters. The number of imidazole rings is 1. The first-order valence-corrected chi connectivity index (χ1v) is 13.6. The molecule has 9 nitrogen and oxygen atoms in total. The summed E-state index contributed by atoms with van der Waals surface area (Å²) in [6, 6.07) is 3.47. The fraction of sp³-hybridized carbons (Fsp3) is 0.520. The lowest BCUT2D eigenvalue weighted by molar-refractivity contribution is -0.122.